The molecule has 0 atom stereocenters. The average molecular weight is 274 g/mol. The molecule has 0 spiro atoms. The minimum Gasteiger partial charge on any atom is -0.368 e. The smallest absolute Gasteiger partial charge is 0.224 e. The maximum absolute atomic E-state index is 5.71. The molecular weight excluding hydrogens is 260 g/mol. The quantitative estimate of drug-likeness (QED) is 0.756. The Kier molecular flexibility index (Phi) is 3.04. The fourth-order valence-electron chi connectivity index (χ4n) is 1.95. The third kappa shape index (κ3) is 2.37. The Labute approximate surface area is 114 Å². The summed E-state index contributed by atoms with van der Waals surface area (Å²) in [5.74, 6) is 1.04. The van der Waals surface area contributed by atoms with Crippen molar-refractivity contribution < 1.29 is 0 Å². The molecule has 0 saturated carbocycles. The van der Waals surface area contributed by atoms with Gasteiger partial charge in [0.15, 0.2) is 11.5 Å². The first-order chi connectivity index (χ1) is 9.24. The lowest BCUT2D eigenvalue weighted by Crippen LogP contribution is -2.22. The van der Waals surface area contributed by atoms with E-state index in [-0.39, 0.29) is 5.95 Å². The van der Waals surface area contributed by atoms with E-state index in [4.69, 9.17) is 5.73 Å². The van der Waals surface area contributed by atoms with Gasteiger partial charge in [-0.15, -0.1) is 11.3 Å². The second-order valence-electron chi connectivity index (χ2n) is 4.26. The van der Waals surface area contributed by atoms with Crippen LogP contribution in [0.3, 0.4) is 0 Å². The zero-order chi connectivity index (χ0) is 13.2. The number of nitrogens with zero attached hydrogens (tertiary/aromatic N) is 4. The third-order valence-corrected chi connectivity index (χ3v) is 3.86. The highest BCUT2D eigenvalue weighted by atomic mass is 32.1. The molecule has 98 valence electrons. The van der Waals surface area contributed by atoms with Crippen LogP contribution in [0.5, 0.6) is 0 Å². The number of thiophene rings is 1. The van der Waals surface area contributed by atoms with Crippen LogP contribution >= 0.6 is 11.3 Å². The summed E-state index contributed by atoms with van der Waals surface area (Å²) in [6, 6.07) is 4.20. The molecule has 6 nitrogen and oxygen atoms in total. The highest BCUT2D eigenvalue weighted by Gasteiger charge is 2.12. The van der Waals surface area contributed by atoms with Gasteiger partial charge in [0.2, 0.25) is 5.95 Å². The molecule has 0 unspecified atom stereocenters. The van der Waals surface area contributed by atoms with Crippen molar-refractivity contribution >= 4 is 34.3 Å². The lowest BCUT2D eigenvalue weighted by Gasteiger charge is -2.18. The molecule has 0 aliphatic rings. The van der Waals surface area contributed by atoms with Gasteiger partial charge in [0, 0.05) is 18.5 Å². The number of nitrogens with one attached hydrogen (secondary N) is 1. The van der Waals surface area contributed by atoms with Crippen molar-refractivity contribution in [1.82, 2.24) is 19.9 Å². The van der Waals surface area contributed by atoms with E-state index in [9.17, 15) is 0 Å². The van der Waals surface area contributed by atoms with E-state index in [0.717, 1.165) is 24.3 Å². The number of aromatic nitrogens is 4. The van der Waals surface area contributed by atoms with Crippen molar-refractivity contribution in [2.24, 2.45) is 0 Å². The Balaban J connectivity index is 1.84. The van der Waals surface area contributed by atoms with Crippen LogP contribution in [0.15, 0.2) is 23.8 Å². The largest absolute Gasteiger partial charge is 0.368 e. The van der Waals surface area contributed by atoms with E-state index in [0.29, 0.717) is 5.65 Å². The molecule has 7 heteroatoms. The van der Waals surface area contributed by atoms with Crippen LogP contribution in [0, 0.1) is 0 Å². The fourth-order valence-corrected chi connectivity index (χ4v) is 2.65. The van der Waals surface area contributed by atoms with Crippen molar-refractivity contribution in [3.63, 3.8) is 0 Å². The first-order valence-corrected chi connectivity index (χ1v) is 6.82. The Morgan fingerprint density at radius 1 is 1.42 bits per heavy atom. The zero-order valence-electron chi connectivity index (χ0n) is 10.5. The predicted molar refractivity (Wildman–Crippen MR) is 77.4 cm³/mol. The van der Waals surface area contributed by atoms with E-state index < -0.39 is 0 Å². The number of imidazole rings is 1. The maximum atomic E-state index is 5.71. The Hall–Kier alpha value is -2.15. The van der Waals surface area contributed by atoms with Crippen molar-refractivity contribution in [3.8, 4) is 0 Å². The molecule has 0 aromatic carbocycles. The SMILES string of the molecule is CN(CCc1cccs1)c1nc(N)nc2nc[nH]c12. The standard InChI is InChI=1S/C12H14N6S/c1-18(5-4-8-3-2-6-19-8)11-9-10(15-7-14-9)16-12(13)17-11/h2-3,6-7H,4-5H2,1H3,(H3,13,14,15,16,17). The predicted octanol–water partition coefficient (Wildman–Crippen LogP) is 1.68. The van der Waals surface area contributed by atoms with Gasteiger partial charge in [-0.1, -0.05) is 6.07 Å². The third-order valence-electron chi connectivity index (χ3n) is 2.92. The molecule has 3 N–H and O–H groups in total. The van der Waals surface area contributed by atoms with Crippen LogP contribution in [0.1, 0.15) is 4.88 Å². The number of hydrogen-bond donors (Lipinski definition) is 2. The molecule has 19 heavy (non-hydrogen) atoms. The molecular formula is C12H14N6S. The first kappa shape index (κ1) is 11.9. The molecule has 0 aliphatic heterocycles. The zero-order valence-corrected chi connectivity index (χ0v) is 11.3. The first-order valence-electron chi connectivity index (χ1n) is 5.94. The molecule has 0 amide bonds. The van der Waals surface area contributed by atoms with Gasteiger partial charge in [-0.2, -0.15) is 9.97 Å². The van der Waals surface area contributed by atoms with Crippen LogP contribution in [0.25, 0.3) is 11.2 Å². The summed E-state index contributed by atoms with van der Waals surface area (Å²) in [7, 11) is 2.00. The van der Waals surface area contributed by atoms with Gasteiger partial charge in [-0.3, -0.25) is 0 Å². The van der Waals surface area contributed by atoms with Crippen LogP contribution < -0.4 is 10.6 Å². The summed E-state index contributed by atoms with van der Waals surface area (Å²) >= 11 is 1.76. The monoisotopic (exact) mass is 274 g/mol. The highest BCUT2D eigenvalue weighted by Crippen LogP contribution is 2.21. The van der Waals surface area contributed by atoms with E-state index in [1.54, 1.807) is 17.7 Å². The summed E-state index contributed by atoms with van der Waals surface area (Å²) in [4.78, 5) is 19.0. The lowest BCUT2D eigenvalue weighted by atomic mass is 10.3. The van der Waals surface area contributed by atoms with Crippen LogP contribution in [0.4, 0.5) is 11.8 Å². The number of aromatic amines is 1. The summed E-state index contributed by atoms with van der Waals surface area (Å²) < 4.78 is 0. The number of anilines is 2. The number of H-pyrrole nitrogens is 1. The van der Waals surface area contributed by atoms with Gasteiger partial charge in [-0.25, -0.2) is 4.98 Å². The molecule has 0 aliphatic carbocycles. The lowest BCUT2D eigenvalue weighted by molar-refractivity contribution is 0.871. The Morgan fingerprint density at radius 3 is 3.11 bits per heavy atom. The van der Waals surface area contributed by atoms with Crippen molar-refractivity contribution in [1.29, 1.82) is 0 Å². The number of nitrogen functional groups attached to an aromatic ring is 1. The minimum absolute atomic E-state index is 0.248. The van der Waals surface area contributed by atoms with E-state index in [1.807, 2.05) is 7.05 Å². The van der Waals surface area contributed by atoms with Crippen LogP contribution in [-0.2, 0) is 6.42 Å². The molecule has 0 bridgehead atoms. The van der Waals surface area contributed by atoms with Gasteiger partial charge < -0.3 is 15.6 Å². The summed E-state index contributed by atoms with van der Waals surface area (Å²) in [6.45, 7) is 0.866. The van der Waals surface area contributed by atoms with Gasteiger partial charge in [0.1, 0.15) is 5.52 Å². The molecule has 3 rings (SSSR count). The Bertz CT molecular complexity index is 675. The highest BCUT2D eigenvalue weighted by molar-refractivity contribution is 7.09. The minimum atomic E-state index is 0.248. The van der Waals surface area contributed by atoms with Crippen molar-refractivity contribution in [2.75, 3.05) is 24.2 Å². The molecule has 0 radical (unpaired) electrons. The van der Waals surface area contributed by atoms with Crippen LogP contribution in [0.2, 0.25) is 0 Å². The van der Waals surface area contributed by atoms with Gasteiger partial charge in [-0.05, 0) is 17.9 Å². The van der Waals surface area contributed by atoms with Gasteiger partial charge in [0.25, 0.3) is 0 Å². The summed E-state index contributed by atoms with van der Waals surface area (Å²) in [5.41, 5.74) is 7.14. The number of rotatable bonds is 4. The number of hydrogen-bond acceptors (Lipinski definition) is 6. The second-order valence-corrected chi connectivity index (χ2v) is 5.29. The number of nitrogens with two attached hydrogens (primary N) is 1. The summed E-state index contributed by atoms with van der Waals surface area (Å²) in [5, 5.41) is 2.09. The van der Waals surface area contributed by atoms with E-state index in [1.165, 1.54) is 4.88 Å². The molecule has 0 saturated heterocycles. The number of likely N-dealkylation sites (N-methyl/N-ethyl adjacent to an activating group) is 1. The summed E-state index contributed by atoms with van der Waals surface area (Å²) in [6.07, 6.45) is 2.59. The van der Waals surface area contributed by atoms with E-state index >= 15 is 0 Å². The number of fused-ring (bicyclic) bond motifs is 1. The maximum Gasteiger partial charge on any atom is 0.224 e. The molecule has 0 fully saturated rings. The van der Waals surface area contributed by atoms with Gasteiger partial charge >= 0.3 is 0 Å². The average Bonchev–Trinajstić information content (AvgIpc) is 3.05. The molecule has 3 heterocycles. The van der Waals surface area contributed by atoms with E-state index in [2.05, 4.69) is 42.3 Å². The van der Waals surface area contributed by atoms with Crippen molar-refractivity contribution in [3.05, 3.63) is 28.7 Å². The fraction of sp³-hybridized carbons (Fsp3) is 0.250. The Morgan fingerprint density at radius 2 is 2.32 bits per heavy atom. The van der Waals surface area contributed by atoms with Crippen molar-refractivity contribution in [2.45, 2.75) is 6.42 Å². The second kappa shape index (κ2) is 4.85. The molecule has 3 aromatic heterocycles. The molecule has 3 aromatic rings. The normalized spacial score (nSPS) is 11.0. The van der Waals surface area contributed by atoms with Crippen LogP contribution in [-0.4, -0.2) is 33.5 Å². The van der Waals surface area contributed by atoms with Gasteiger partial charge in [0.05, 0.1) is 6.33 Å². The topological polar surface area (TPSA) is 83.7 Å².